The molecule has 18 heavy (non-hydrogen) atoms. The van der Waals surface area contributed by atoms with E-state index in [9.17, 15) is 4.79 Å². The molecular formula is C15H28N2O. The smallest absolute Gasteiger partial charge is 0.222 e. The fraction of sp³-hybridized carbons (Fsp3) is 0.933. The average Bonchev–Trinajstić information content (AvgIpc) is 3.18. The van der Waals surface area contributed by atoms with Crippen LogP contribution in [0.5, 0.6) is 0 Å². The van der Waals surface area contributed by atoms with Crippen molar-refractivity contribution in [3.05, 3.63) is 0 Å². The number of nitrogens with one attached hydrogen (secondary N) is 1. The minimum atomic E-state index is 0.388. The van der Waals surface area contributed by atoms with Crippen molar-refractivity contribution in [1.82, 2.24) is 10.2 Å². The average molecular weight is 252 g/mol. The van der Waals surface area contributed by atoms with E-state index in [1.54, 1.807) is 0 Å². The van der Waals surface area contributed by atoms with Crippen LogP contribution in [-0.2, 0) is 4.79 Å². The van der Waals surface area contributed by atoms with Gasteiger partial charge in [0.15, 0.2) is 0 Å². The Morgan fingerprint density at radius 1 is 1.28 bits per heavy atom. The van der Waals surface area contributed by atoms with Gasteiger partial charge in [0.2, 0.25) is 5.91 Å². The van der Waals surface area contributed by atoms with Crippen molar-refractivity contribution >= 4 is 5.91 Å². The van der Waals surface area contributed by atoms with Crippen LogP contribution in [0, 0.1) is 5.92 Å². The summed E-state index contributed by atoms with van der Waals surface area (Å²) in [6, 6.07) is 1.15. The third-order valence-electron chi connectivity index (χ3n) is 3.99. The van der Waals surface area contributed by atoms with Crippen molar-refractivity contribution in [2.24, 2.45) is 5.92 Å². The lowest BCUT2D eigenvalue weighted by Crippen LogP contribution is -2.38. The standard InChI is InChI=1S/C15H28N2O/c1-12(2)11-17(14-7-8-14)15(18)9-6-13-5-3-4-10-16-13/h12-14,16H,3-11H2,1-2H3. The zero-order chi connectivity index (χ0) is 13.0. The van der Waals surface area contributed by atoms with Gasteiger partial charge in [0, 0.05) is 25.0 Å². The van der Waals surface area contributed by atoms with E-state index in [4.69, 9.17) is 0 Å². The van der Waals surface area contributed by atoms with Crippen molar-refractivity contribution < 1.29 is 4.79 Å². The molecule has 1 heterocycles. The van der Waals surface area contributed by atoms with Crippen molar-refractivity contribution in [2.75, 3.05) is 13.1 Å². The molecule has 0 bridgehead atoms. The van der Waals surface area contributed by atoms with Gasteiger partial charge in [-0.15, -0.1) is 0 Å². The Morgan fingerprint density at radius 3 is 2.61 bits per heavy atom. The Kier molecular flexibility index (Phi) is 5.04. The first-order valence-electron chi connectivity index (χ1n) is 7.69. The lowest BCUT2D eigenvalue weighted by atomic mass is 10.00. The Labute approximate surface area is 111 Å². The Morgan fingerprint density at radius 2 is 2.06 bits per heavy atom. The molecule has 0 spiro atoms. The molecule has 1 saturated carbocycles. The van der Waals surface area contributed by atoms with Crippen molar-refractivity contribution in [3.8, 4) is 0 Å². The van der Waals surface area contributed by atoms with Gasteiger partial charge in [-0.25, -0.2) is 0 Å². The maximum Gasteiger partial charge on any atom is 0.222 e. The van der Waals surface area contributed by atoms with E-state index in [-0.39, 0.29) is 0 Å². The first-order valence-corrected chi connectivity index (χ1v) is 7.69. The highest BCUT2D eigenvalue weighted by Crippen LogP contribution is 2.28. The lowest BCUT2D eigenvalue weighted by Gasteiger charge is -2.27. The maximum absolute atomic E-state index is 12.3. The summed E-state index contributed by atoms with van der Waals surface area (Å²) < 4.78 is 0. The van der Waals surface area contributed by atoms with Gasteiger partial charge < -0.3 is 10.2 Å². The van der Waals surface area contributed by atoms with Gasteiger partial charge >= 0.3 is 0 Å². The minimum Gasteiger partial charge on any atom is -0.339 e. The van der Waals surface area contributed by atoms with Gasteiger partial charge in [-0.05, 0) is 44.6 Å². The molecule has 1 amide bonds. The molecule has 104 valence electrons. The summed E-state index contributed by atoms with van der Waals surface area (Å²) in [4.78, 5) is 14.4. The highest BCUT2D eigenvalue weighted by Gasteiger charge is 2.32. The van der Waals surface area contributed by atoms with Crippen molar-refractivity contribution in [3.63, 3.8) is 0 Å². The first kappa shape index (κ1) is 13.9. The molecule has 1 aliphatic carbocycles. The first-order chi connectivity index (χ1) is 8.66. The molecule has 2 aliphatic rings. The van der Waals surface area contributed by atoms with E-state index in [2.05, 4.69) is 24.1 Å². The van der Waals surface area contributed by atoms with Crippen LogP contribution in [0.3, 0.4) is 0 Å². The molecule has 1 atom stereocenters. The molecule has 1 unspecified atom stereocenters. The van der Waals surface area contributed by atoms with E-state index in [1.165, 1.54) is 32.1 Å². The summed E-state index contributed by atoms with van der Waals surface area (Å²) in [6.07, 6.45) is 8.08. The molecule has 0 aromatic rings. The van der Waals surface area contributed by atoms with Crippen LogP contribution < -0.4 is 5.32 Å². The van der Waals surface area contributed by atoms with E-state index >= 15 is 0 Å². The predicted molar refractivity (Wildman–Crippen MR) is 74.4 cm³/mol. The fourth-order valence-electron chi connectivity index (χ4n) is 2.85. The Bertz CT molecular complexity index is 268. The van der Waals surface area contributed by atoms with Crippen molar-refractivity contribution in [1.29, 1.82) is 0 Å². The number of rotatable bonds is 6. The third kappa shape index (κ3) is 4.27. The summed E-state index contributed by atoms with van der Waals surface area (Å²) in [7, 11) is 0. The summed E-state index contributed by atoms with van der Waals surface area (Å²) in [5.74, 6) is 0.973. The van der Waals surface area contributed by atoms with Gasteiger partial charge in [-0.3, -0.25) is 4.79 Å². The molecular weight excluding hydrogens is 224 g/mol. The number of piperidine rings is 1. The molecule has 1 N–H and O–H groups in total. The van der Waals surface area contributed by atoms with Crippen LogP contribution in [0.2, 0.25) is 0 Å². The zero-order valence-electron chi connectivity index (χ0n) is 12.0. The molecule has 0 aromatic heterocycles. The summed E-state index contributed by atoms with van der Waals surface area (Å²) in [5.41, 5.74) is 0. The largest absolute Gasteiger partial charge is 0.339 e. The van der Waals surface area contributed by atoms with E-state index in [0.29, 0.717) is 23.9 Å². The number of carbonyl (C=O) groups excluding carboxylic acids is 1. The van der Waals surface area contributed by atoms with Gasteiger partial charge in [0.1, 0.15) is 0 Å². The topological polar surface area (TPSA) is 32.3 Å². The summed E-state index contributed by atoms with van der Waals surface area (Å²) in [5, 5.41) is 3.53. The van der Waals surface area contributed by atoms with Gasteiger partial charge in [0.05, 0.1) is 0 Å². The van der Waals surface area contributed by atoms with Crippen molar-refractivity contribution in [2.45, 2.75) is 70.9 Å². The fourth-order valence-corrected chi connectivity index (χ4v) is 2.85. The van der Waals surface area contributed by atoms with Crippen LogP contribution in [0.1, 0.15) is 58.8 Å². The van der Waals surface area contributed by atoms with Gasteiger partial charge in [0.25, 0.3) is 0 Å². The second kappa shape index (κ2) is 6.55. The number of carbonyl (C=O) groups is 1. The zero-order valence-corrected chi connectivity index (χ0v) is 12.0. The molecule has 3 heteroatoms. The molecule has 1 aliphatic heterocycles. The number of nitrogens with zero attached hydrogens (tertiary/aromatic N) is 1. The number of amides is 1. The van der Waals surface area contributed by atoms with Crippen LogP contribution in [0.15, 0.2) is 0 Å². The third-order valence-corrected chi connectivity index (χ3v) is 3.99. The number of hydrogen-bond acceptors (Lipinski definition) is 2. The van der Waals surface area contributed by atoms with E-state index in [0.717, 1.165) is 25.9 Å². The quantitative estimate of drug-likeness (QED) is 0.788. The molecule has 0 aromatic carbocycles. The molecule has 2 fully saturated rings. The predicted octanol–water partition coefficient (Wildman–Crippen LogP) is 2.56. The van der Waals surface area contributed by atoms with Gasteiger partial charge in [-0.1, -0.05) is 20.3 Å². The summed E-state index contributed by atoms with van der Waals surface area (Å²) >= 11 is 0. The molecule has 3 nitrogen and oxygen atoms in total. The highest BCUT2D eigenvalue weighted by atomic mass is 16.2. The van der Waals surface area contributed by atoms with Crippen LogP contribution in [0.4, 0.5) is 0 Å². The van der Waals surface area contributed by atoms with Crippen LogP contribution in [-0.4, -0.2) is 36.0 Å². The molecule has 0 radical (unpaired) electrons. The second-order valence-corrected chi connectivity index (χ2v) is 6.36. The summed E-state index contributed by atoms with van der Waals surface area (Å²) in [6.45, 7) is 6.48. The van der Waals surface area contributed by atoms with Crippen LogP contribution >= 0.6 is 0 Å². The molecule has 1 saturated heterocycles. The van der Waals surface area contributed by atoms with Gasteiger partial charge in [-0.2, -0.15) is 0 Å². The Hall–Kier alpha value is -0.570. The molecule has 2 rings (SSSR count). The SMILES string of the molecule is CC(C)CN(C(=O)CCC1CCCCN1)C1CC1. The normalized spacial score (nSPS) is 24.3. The second-order valence-electron chi connectivity index (χ2n) is 6.36. The maximum atomic E-state index is 12.3. The highest BCUT2D eigenvalue weighted by molar-refractivity contribution is 5.76. The minimum absolute atomic E-state index is 0.388. The van der Waals surface area contributed by atoms with Crippen LogP contribution in [0.25, 0.3) is 0 Å². The Balaban J connectivity index is 1.74. The lowest BCUT2D eigenvalue weighted by molar-refractivity contribution is -0.132. The van der Waals surface area contributed by atoms with E-state index in [1.807, 2.05) is 0 Å². The monoisotopic (exact) mass is 252 g/mol. The van der Waals surface area contributed by atoms with E-state index < -0.39 is 0 Å². The number of hydrogen-bond donors (Lipinski definition) is 1.